The van der Waals surface area contributed by atoms with Gasteiger partial charge in [-0.2, -0.15) is 0 Å². The highest BCUT2D eigenvalue weighted by Crippen LogP contribution is 2.39. The molecule has 0 unspecified atom stereocenters. The van der Waals surface area contributed by atoms with Crippen LogP contribution in [0.4, 0.5) is 11.4 Å². The monoisotopic (exact) mass is 234 g/mol. The van der Waals surface area contributed by atoms with Crippen LogP contribution in [0.3, 0.4) is 0 Å². The number of hydrogen-bond acceptors (Lipinski definition) is 3. The Morgan fingerprint density at radius 3 is 2.65 bits per heavy atom. The van der Waals surface area contributed by atoms with Gasteiger partial charge in [-0.15, -0.1) is 0 Å². The van der Waals surface area contributed by atoms with Gasteiger partial charge in [-0.05, 0) is 39.8 Å². The fraction of sp³-hybridized carbons (Fsp3) is 0.571. The number of ether oxygens (including phenoxy) is 1. The van der Waals surface area contributed by atoms with Crippen LogP contribution in [-0.4, -0.2) is 25.2 Å². The molecular weight excluding hydrogens is 212 g/mol. The summed E-state index contributed by atoms with van der Waals surface area (Å²) >= 11 is 0. The summed E-state index contributed by atoms with van der Waals surface area (Å²) < 4.78 is 5.27. The van der Waals surface area contributed by atoms with Gasteiger partial charge in [0.25, 0.3) is 0 Å². The van der Waals surface area contributed by atoms with E-state index in [1.807, 2.05) is 6.07 Å². The standard InChI is InChI=1S/C14H22N2O/c1-10(2)16-13-7-6-11(17-5)8-12(13)15-9-14(16,3)4/h6-8,10,15H,9H2,1-5H3. The molecule has 0 aliphatic carbocycles. The van der Waals surface area contributed by atoms with Gasteiger partial charge in [-0.25, -0.2) is 0 Å². The number of methoxy groups -OCH3 is 1. The zero-order chi connectivity index (χ0) is 12.6. The maximum atomic E-state index is 5.27. The first kappa shape index (κ1) is 12.1. The second kappa shape index (κ2) is 4.13. The van der Waals surface area contributed by atoms with Gasteiger partial charge >= 0.3 is 0 Å². The van der Waals surface area contributed by atoms with Crippen molar-refractivity contribution in [2.24, 2.45) is 0 Å². The van der Waals surface area contributed by atoms with Crippen LogP contribution in [0.15, 0.2) is 18.2 Å². The zero-order valence-corrected chi connectivity index (χ0v) is 11.4. The van der Waals surface area contributed by atoms with Crippen molar-refractivity contribution in [2.45, 2.75) is 39.3 Å². The smallest absolute Gasteiger partial charge is 0.121 e. The average Bonchev–Trinajstić information content (AvgIpc) is 2.26. The zero-order valence-electron chi connectivity index (χ0n) is 11.4. The maximum absolute atomic E-state index is 5.27. The summed E-state index contributed by atoms with van der Waals surface area (Å²) in [4.78, 5) is 2.47. The maximum Gasteiger partial charge on any atom is 0.121 e. The van der Waals surface area contributed by atoms with Crippen molar-refractivity contribution >= 4 is 11.4 Å². The number of hydrogen-bond donors (Lipinski definition) is 1. The third-order valence-electron chi connectivity index (χ3n) is 3.34. The van der Waals surface area contributed by atoms with Crippen molar-refractivity contribution in [3.05, 3.63) is 18.2 Å². The molecule has 1 aliphatic heterocycles. The number of anilines is 2. The van der Waals surface area contributed by atoms with E-state index in [9.17, 15) is 0 Å². The molecule has 3 heteroatoms. The molecule has 0 saturated heterocycles. The predicted octanol–water partition coefficient (Wildman–Crippen LogP) is 3.11. The first-order valence-corrected chi connectivity index (χ1v) is 6.17. The lowest BCUT2D eigenvalue weighted by atomic mass is 9.95. The minimum absolute atomic E-state index is 0.135. The van der Waals surface area contributed by atoms with Gasteiger partial charge < -0.3 is 15.0 Å². The number of benzene rings is 1. The van der Waals surface area contributed by atoms with Gasteiger partial charge in [-0.3, -0.25) is 0 Å². The first-order valence-electron chi connectivity index (χ1n) is 6.17. The Hall–Kier alpha value is -1.38. The van der Waals surface area contributed by atoms with Crippen LogP contribution >= 0.6 is 0 Å². The summed E-state index contributed by atoms with van der Waals surface area (Å²) in [6.07, 6.45) is 0. The molecule has 0 spiro atoms. The summed E-state index contributed by atoms with van der Waals surface area (Å²) in [5, 5.41) is 3.49. The fourth-order valence-electron chi connectivity index (χ4n) is 2.69. The Morgan fingerprint density at radius 2 is 2.06 bits per heavy atom. The van der Waals surface area contributed by atoms with Crippen LogP contribution in [0.2, 0.25) is 0 Å². The third-order valence-corrected chi connectivity index (χ3v) is 3.34. The molecule has 0 amide bonds. The molecule has 17 heavy (non-hydrogen) atoms. The van der Waals surface area contributed by atoms with Gasteiger partial charge in [0.1, 0.15) is 5.75 Å². The minimum Gasteiger partial charge on any atom is -0.497 e. The van der Waals surface area contributed by atoms with Gasteiger partial charge in [0, 0.05) is 18.7 Å². The molecule has 1 heterocycles. The van der Waals surface area contributed by atoms with Crippen molar-refractivity contribution in [3.8, 4) is 5.75 Å². The molecule has 2 rings (SSSR count). The quantitative estimate of drug-likeness (QED) is 0.851. The van der Waals surface area contributed by atoms with Crippen LogP contribution in [0.1, 0.15) is 27.7 Å². The highest BCUT2D eigenvalue weighted by atomic mass is 16.5. The molecule has 0 radical (unpaired) electrons. The van der Waals surface area contributed by atoms with E-state index in [-0.39, 0.29) is 5.54 Å². The molecule has 0 fully saturated rings. The lowest BCUT2D eigenvalue weighted by Gasteiger charge is -2.48. The Kier molecular flexibility index (Phi) is 2.94. The van der Waals surface area contributed by atoms with Crippen molar-refractivity contribution in [3.63, 3.8) is 0 Å². The Labute approximate surface area is 104 Å². The summed E-state index contributed by atoms with van der Waals surface area (Å²) in [7, 11) is 1.70. The molecule has 1 N–H and O–H groups in total. The summed E-state index contributed by atoms with van der Waals surface area (Å²) in [5.74, 6) is 0.902. The number of nitrogens with one attached hydrogen (secondary N) is 1. The van der Waals surface area contributed by atoms with Crippen molar-refractivity contribution < 1.29 is 4.74 Å². The van der Waals surface area contributed by atoms with E-state index in [1.54, 1.807) is 7.11 Å². The number of nitrogens with zero attached hydrogens (tertiary/aromatic N) is 1. The van der Waals surface area contributed by atoms with Crippen molar-refractivity contribution in [2.75, 3.05) is 23.9 Å². The normalized spacial score (nSPS) is 17.6. The Balaban J connectivity index is 2.47. The van der Waals surface area contributed by atoms with E-state index >= 15 is 0 Å². The lowest BCUT2D eigenvalue weighted by molar-refractivity contribution is 0.412. The van der Waals surface area contributed by atoms with Crippen LogP contribution in [-0.2, 0) is 0 Å². The van der Waals surface area contributed by atoms with Crippen LogP contribution in [0.5, 0.6) is 5.75 Å². The van der Waals surface area contributed by atoms with E-state index in [0.29, 0.717) is 6.04 Å². The Bertz CT molecular complexity index is 413. The lowest BCUT2D eigenvalue weighted by Crippen LogP contribution is -2.55. The van der Waals surface area contributed by atoms with E-state index in [2.05, 4.69) is 50.0 Å². The van der Waals surface area contributed by atoms with Crippen LogP contribution < -0.4 is 15.0 Å². The van der Waals surface area contributed by atoms with Gasteiger partial charge in [0.15, 0.2) is 0 Å². The van der Waals surface area contributed by atoms with E-state index < -0.39 is 0 Å². The molecule has 0 saturated carbocycles. The highest BCUT2D eigenvalue weighted by Gasteiger charge is 2.34. The fourth-order valence-corrected chi connectivity index (χ4v) is 2.69. The van der Waals surface area contributed by atoms with Gasteiger partial charge in [-0.1, -0.05) is 0 Å². The van der Waals surface area contributed by atoms with Crippen molar-refractivity contribution in [1.82, 2.24) is 0 Å². The van der Waals surface area contributed by atoms with E-state index in [0.717, 1.165) is 18.0 Å². The number of rotatable bonds is 2. The molecule has 0 bridgehead atoms. The SMILES string of the molecule is COc1ccc2c(c1)NCC(C)(C)N2C(C)C. The molecule has 3 nitrogen and oxygen atoms in total. The Morgan fingerprint density at radius 1 is 1.35 bits per heavy atom. The summed E-state index contributed by atoms with van der Waals surface area (Å²) in [6, 6.07) is 6.72. The van der Waals surface area contributed by atoms with Crippen LogP contribution in [0, 0.1) is 0 Å². The largest absolute Gasteiger partial charge is 0.497 e. The minimum atomic E-state index is 0.135. The summed E-state index contributed by atoms with van der Waals surface area (Å²) in [5.41, 5.74) is 2.56. The average molecular weight is 234 g/mol. The van der Waals surface area contributed by atoms with Crippen molar-refractivity contribution in [1.29, 1.82) is 0 Å². The topological polar surface area (TPSA) is 24.5 Å². The molecule has 94 valence electrons. The molecule has 1 aromatic carbocycles. The second-order valence-electron chi connectivity index (χ2n) is 5.51. The molecule has 1 aromatic rings. The molecule has 1 aliphatic rings. The van der Waals surface area contributed by atoms with Crippen LogP contribution in [0.25, 0.3) is 0 Å². The molecule has 0 aromatic heterocycles. The number of fused-ring (bicyclic) bond motifs is 1. The van der Waals surface area contributed by atoms with E-state index in [4.69, 9.17) is 4.74 Å². The highest BCUT2D eigenvalue weighted by molar-refractivity contribution is 5.75. The first-order chi connectivity index (χ1) is 7.95. The second-order valence-corrected chi connectivity index (χ2v) is 5.51. The van der Waals surface area contributed by atoms with Gasteiger partial charge in [0.05, 0.1) is 24.0 Å². The van der Waals surface area contributed by atoms with Gasteiger partial charge in [0.2, 0.25) is 0 Å². The molecule has 0 atom stereocenters. The van der Waals surface area contributed by atoms with E-state index in [1.165, 1.54) is 5.69 Å². The molecular formula is C14H22N2O. The predicted molar refractivity (Wildman–Crippen MR) is 73.2 cm³/mol. The summed E-state index contributed by atoms with van der Waals surface area (Å²) in [6.45, 7) is 9.97. The third kappa shape index (κ3) is 2.06.